The summed E-state index contributed by atoms with van der Waals surface area (Å²) in [5.41, 5.74) is 1.10. The topological polar surface area (TPSA) is 30.5 Å². The molecular weight excluding hydrogens is 398 g/mol. The molecule has 0 atom stereocenters. The summed E-state index contributed by atoms with van der Waals surface area (Å²) < 4.78 is 13.0. The first-order valence-electron chi connectivity index (χ1n) is 6.61. The van der Waals surface area contributed by atoms with E-state index in [2.05, 4.69) is 43.2 Å². The van der Waals surface area contributed by atoms with Gasteiger partial charge >= 0.3 is 0 Å². The van der Waals surface area contributed by atoms with E-state index in [0.29, 0.717) is 6.61 Å². The molecule has 0 saturated heterocycles. The van der Waals surface area contributed by atoms with E-state index in [0.717, 1.165) is 39.1 Å². The Morgan fingerprint density at radius 1 is 1.05 bits per heavy atom. The van der Waals surface area contributed by atoms with E-state index in [1.807, 2.05) is 36.4 Å². The van der Waals surface area contributed by atoms with Crippen LogP contribution in [0.15, 0.2) is 51.4 Å². The number of nitrogens with one attached hydrogen (secondary N) is 1. The average Bonchev–Trinajstić information content (AvgIpc) is 2.48. The van der Waals surface area contributed by atoms with Crippen LogP contribution in [0.1, 0.15) is 5.56 Å². The zero-order valence-corrected chi connectivity index (χ0v) is 14.9. The number of benzene rings is 2. The molecule has 21 heavy (non-hydrogen) atoms. The fraction of sp³-hybridized carbons (Fsp3) is 0.250. The van der Waals surface area contributed by atoms with Crippen LogP contribution >= 0.6 is 31.9 Å². The lowest BCUT2D eigenvalue weighted by atomic mass is 10.2. The second-order valence-electron chi connectivity index (χ2n) is 4.45. The molecule has 0 amide bonds. The van der Waals surface area contributed by atoms with Gasteiger partial charge in [-0.15, -0.1) is 0 Å². The van der Waals surface area contributed by atoms with Crippen LogP contribution in [0.5, 0.6) is 11.5 Å². The second-order valence-corrected chi connectivity index (χ2v) is 6.22. The van der Waals surface area contributed by atoms with E-state index >= 15 is 0 Å². The van der Waals surface area contributed by atoms with Gasteiger partial charge in [-0.3, -0.25) is 0 Å². The Kier molecular flexibility index (Phi) is 6.70. The number of hydrogen-bond donors (Lipinski definition) is 1. The molecule has 0 saturated carbocycles. The van der Waals surface area contributed by atoms with Gasteiger partial charge in [-0.2, -0.15) is 0 Å². The number of halogens is 2. The van der Waals surface area contributed by atoms with Crippen molar-refractivity contribution >= 4 is 31.9 Å². The first-order valence-corrected chi connectivity index (χ1v) is 8.20. The van der Waals surface area contributed by atoms with Gasteiger partial charge in [-0.1, -0.05) is 34.1 Å². The van der Waals surface area contributed by atoms with Gasteiger partial charge in [-0.05, 0) is 40.2 Å². The van der Waals surface area contributed by atoms with Crippen molar-refractivity contribution in [3.05, 3.63) is 57.0 Å². The zero-order valence-electron chi connectivity index (χ0n) is 11.7. The molecule has 0 aromatic heterocycles. The van der Waals surface area contributed by atoms with E-state index in [1.165, 1.54) is 0 Å². The summed E-state index contributed by atoms with van der Waals surface area (Å²) in [6.07, 6.45) is 0. The van der Waals surface area contributed by atoms with Gasteiger partial charge in [-0.25, -0.2) is 0 Å². The third-order valence-corrected chi connectivity index (χ3v) is 4.03. The van der Waals surface area contributed by atoms with Gasteiger partial charge in [0.05, 0.1) is 11.1 Å². The highest BCUT2D eigenvalue weighted by atomic mass is 79.9. The van der Waals surface area contributed by atoms with E-state index < -0.39 is 0 Å². The number of para-hydroxylation sites is 1. The van der Waals surface area contributed by atoms with Gasteiger partial charge in [0, 0.05) is 30.2 Å². The number of rotatable bonds is 7. The van der Waals surface area contributed by atoms with Crippen LogP contribution in [0.3, 0.4) is 0 Å². The second kappa shape index (κ2) is 8.54. The van der Waals surface area contributed by atoms with Gasteiger partial charge in [0.25, 0.3) is 0 Å². The Morgan fingerprint density at radius 2 is 1.86 bits per heavy atom. The molecule has 2 aromatic rings. The molecule has 0 heterocycles. The largest absolute Gasteiger partial charge is 0.456 e. The zero-order chi connectivity index (χ0) is 15.1. The Hall–Kier alpha value is -0.880. The smallest absolute Gasteiger partial charge is 0.141 e. The minimum Gasteiger partial charge on any atom is -0.456 e. The minimum atomic E-state index is 0.691. The van der Waals surface area contributed by atoms with Crippen LogP contribution in [0.2, 0.25) is 0 Å². The van der Waals surface area contributed by atoms with E-state index in [1.54, 1.807) is 7.11 Å². The fourth-order valence-corrected chi connectivity index (χ4v) is 2.52. The highest BCUT2D eigenvalue weighted by molar-refractivity contribution is 9.10. The maximum Gasteiger partial charge on any atom is 0.141 e. The molecule has 0 aliphatic carbocycles. The summed E-state index contributed by atoms with van der Waals surface area (Å²) in [6, 6.07) is 13.9. The Balaban J connectivity index is 2.13. The highest BCUT2D eigenvalue weighted by Gasteiger charge is 2.08. The molecule has 3 nitrogen and oxygen atoms in total. The van der Waals surface area contributed by atoms with Gasteiger partial charge in [0.15, 0.2) is 0 Å². The SMILES string of the molecule is COCCNCc1ccc(Br)cc1Oc1ccccc1Br. The monoisotopic (exact) mass is 413 g/mol. The Bertz CT molecular complexity index is 590. The summed E-state index contributed by atoms with van der Waals surface area (Å²) in [7, 11) is 1.70. The average molecular weight is 415 g/mol. The number of methoxy groups -OCH3 is 1. The molecule has 0 radical (unpaired) electrons. The molecule has 0 bridgehead atoms. The van der Waals surface area contributed by atoms with Crippen molar-refractivity contribution in [1.82, 2.24) is 5.32 Å². The van der Waals surface area contributed by atoms with E-state index in [4.69, 9.17) is 9.47 Å². The van der Waals surface area contributed by atoms with E-state index in [9.17, 15) is 0 Å². The third kappa shape index (κ3) is 5.11. The summed E-state index contributed by atoms with van der Waals surface area (Å²) in [5.74, 6) is 1.63. The molecule has 0 aliphatic heterocycles. The summed E-state index contributed by atoms with van der Waals surface area (Å²) in [4.78, 5) is 0. The number of hydrogen-bond acceptors (Lipinski definition) is 3. The molecule has 0 spiro atoms. The summed E-state index contributed by atoms with van der Waals surface area (Å²) in [6.45, 7) is 2.23. The van der Waals surface area contributed by atoms with Crippen LogP contribution in [0.25, 0.3) is 0 Å². The van der Waals surface area contributed by atoms with E-state index in [-0.39, 0.29) is 0 Å². The maximum absolute atomic E-state index is 6.03. The van der Waals surface area contributed by atoms with Crippen LogP contribution in [-0.4, -0.2) is 20.3 Å². The minimum absolute atomic E-state index is 0.691. The molecule has 0 unspecified atom stereocenters. The summed E-state index contributed by atoms with van der Waals surface area (Å²) >= 11 is 6.99. The molecule has 0 fully saturated rings. The lowest BCUT2D eigenvalue weighted by Gasteiger charge is -2.13. The van der Waals surface area contributed by atoms with Crippen molar-refractivity contribution in [2.75, 3.05) is 20.3 Å². The predicted molar refractivity (Wildman–Crippen MR) is 91.9 cm³/mol. The number of ether oxygens (including phenoxy) is 2. The third-order valence-electron chi connectivity index (χ3n) is 2.88. The molecule has 2 aromatic carbocycles. The molecule has 0 aliphatic rings. The lowest BCUT2D eigenvalue weighted by molar-refractivity contribution is 0.199. The standard InChI is InChI=1S/C16H17Br2NO2/c1-20-9-8-19-11-12-6-7-13(17)10-16(12)21-15-5-3-2-4-14(15)18/h2-7,10,19H,8-9,11H2,1H3. The highest BCUT2D eigenvalue weighted by Crippen LogP contribution is 2.32. The van der Waals surface area contributed by atoms with Crippen molar-refractivity contribution in [2.45, 2.75) is 6.54 Å². The van der Waals surface area contributed by atoms with Crippen molar-refractivity contribution in [3.8, 4) is 11.5 Å². The Morgan fingerprint density at radius 3 is 2.62 bits per heavy atom. The van der Waals surface area contributed by atoms with Gasteiger partial charge in [0.2, 0.25) is 0 Å². The van der Waals surface area contributed by atoms with Crippen molar-refractivity contribution in [2.24, 2.45) is 0 Å². The molecule has 5 heteroatoms. The summed E-state index contributed by atoms with van der Waals surface area (Å²) in [5, 5.41) is 3.33. The fourth-order valence-electron chi connectivity index (χ4n) is 1.81. The first-order chi connectivity index (χ1) is 10.2. The quantitative estimate of drug-likeness (QED) is 0.663. The lowest BCUT2D eigenvalue weighted by Crippen LogP contribution is -2.18. The van der Waals surface area contributed by atoms with Crippen molar-refractivity contribution in [1.29, 1.82) is 0 Å². The first kappa shape index (κ1) is 16.5. The van der Waals surface area contributed by atoms with Crippen LogP contribution in [0.4, 0.5) is 0 Å². The molecule has 112 valence electrons. The van der Waals surface area contributed by atoms with Crippen LogP contribution in [0, 0.1) is 0 Å². The van der Waals surface area contributed by atoms with Crippen LogP contribution in [-0.2, 0) is 11.3 Å². The molecule has 2 rings (SSSR count). The molecule has 1 N–H and O–H groups in total. The van der Waals surface area contributed by atoms with Gasteiger partial charge < -0.3 is 14.8 Å². The Labute approximate surface area is 141 Å². The van der Waals surface area contributed by atoms with Crippen molar-refractivity contribution < 1.29 is 9.47 Å². The maximum atomic E-state index is 6.03. The van der Waals surface area contributed by atoms with Crippen LogP contribution < -0.4 is 10.1 Å². The van der Waals surface area contributed by atoms with Gasteiger partial charge in [0.1, 0.15) is 11.5 Å². The predicted octanol–water partition coefficient (Wildman–Crippen LogP) is 4.74. The molecular formula is C16H17Br2NO2. The van der Waals surface area contributed by atoms with Crippen molar-refractivity contribution in [3.63, 3.8) is 0 Å². The normalized spacial score (nSPS) is 10.6.